The third-order valence-electron chi connectivity index (χ3n) is 5.93. The van der Waals surface area contributed by atoms with Crippen LogP contribution >= 0.6 is 0 Å². The first kappa shape index (κ1) is 13.8. The van der Waals surface area contributed by atoms with Crippen molar-refractivity contribution in [3.8, 4) is 0 Å². The Morgan fingerprint density at radius 1 is 1.05 bits per heavy atom. The van der Waals surface area contributed by atoms with Gasteiger partial charge in [0.1, 0.15) is 0 Å². The highest BCUT2D eigenvalue weighted by Crippen LogP contribution is 2.61. The number of hydrogen-bond donors (Lipinski definition) is 2. The molecule has 4 aliphatic carbocycles. The minimum atomic E-state index is -0.667. The van der Waals surface area contributed by atoms with Gasteiger partial charge in [0.25, 0.3) is 5.91 Å². The summed E-state index contributed by atoms with van der Waals surface area (Å²) in [5, 5.41) is 12.9. The molecule has 2 unspecified atom stereocenters. The fourth-order valence-electron chi connectivity index (χ4n) is 5.56. The molecule has 2 N–H and O–H groups in total. The van der Waals surface area contributed by atoms with Crippen LogP contribution in [0.3, 0.4) is 0 Å². The molecule has 1 aromatic rings. The minimum absolute atomic E-state index is 0.0666. The van der Waals surface area contributed by atoms with E-state index in [-0.39, 0.29) is 11.4 Å². The van der Waals surface area contributed by atoms with Gasteiger partial charge in [-0.25, -0.2) is 0 Å². The topological polar surface area (TPSA) is 66.4 Å². The second-order valence-corrected chi connectivity index (χ2v) is 7.65. The third kappa shape index (κ3) is 2.04. The Bertz CT molecular complexity index is 610. The number of carbonyl (C=O) groups is 2. The third-order valence-corrected chi connectivity index (χ3v) is 5.93. The highest BCUT2D eigenvalue weighted by atomic mass is 16.4. The first-order valence-electron chi connectivity index (χ1n) is 8.11. The Morgan fingerprint density at radius 2 is 1.68 bits per heavy atom. The number of benzene rings is 1. The molecule has 4 heteroatoms. The summed E-state index contributed by atoms with van der Waals surface area (Å²) in [6, 6.07) is 9.22. The highest BCUT2D eigenvalue weighted by molar-refractivity contribution is 5.94. The van der Waals surface area contributed by atoms with Crippen LogP contribution in [-0.4, -0.2) is 22.5 Å². The van der Waals surface area contributed by atoms with E-state index in [0.717, 1.165) is 32.1 Å². The summed E-state index contributed by atoms with van der Waals surface area (Å²) in [7, 11) is 0. The number of hydrogen-bond acceptors (Lipinski definition) is 2. The van der Waals surface area contributed by atoms with Crippen molar-refractivity contribution in [3.05, 3.63) is 35.9 Å². The van der Waals surface area contributed by atoms with Gasteiger partial charge in [0.15, 0.2) is 0 Å². The second-order valence-electron chi connectivity index (χ2n) is 7.65. The zero-order valence-corrected chi connectivity index (χ0v) is 12.5. The summed E-state index contributed by atoms with van der Waals surface area (Å²) in [5.74, 6) is 0.171. The van der Waals surface area contributed by atoms with Gasteiger partial charge < -0.3 is 10.4 Å². The first-order valence-corrected chi connectivity index (χ1v) is 8.11. The number of rotatable bonds is 3. The van der Waals surface area contributed by atoms with Crippen LogP contribution in [0, 0.1) is 17.3 Å². The maximum absolute atomic E-state index is 12.5. The van der Waals surface area contributed by atoms with Crippen LogP contribution in [0.25, 0.3) is 0 Å². The largest absolute Gasteiger partial charge is 0.481 e. The molecule has 4 fully saturated rings. The fraction of sp³-hybridized carbons (Fsp3) is 0.556. The molecule has 0 saturated heterocycles. The Hall–Kier alpha value is -1.84. The predicted octanol–water partition coefficient (Wildman–Crippen LogP) is 2.84. The maximum atomic E-state index is 12.5. The Labute approximate surface area is 129 Å². The molecule has 5 rings (SSSR count). The lowest BCUT2D eigenvalue weighted by molar-refractivity contribution is -0.167. The van der Waals surface area contributed by atoms with E-state index < -0.39 is 11.4 Å². The molecule has 4 aliphatic rings. The second kappa shape index (κ2) is 4.58. The van der Waals surface area contributed by atoms with E-state index in [0.29, 0.717) is 23.8 Å². The van der Waals surface area contributed by atoms with Crippen LogP contribution in [0.1, 0.15) is 48.9 Å². The normalized spacial score (nSPS) is 38.7. The Kier molecular flexibility index (Phi) is 2.87. The number of carboxylic acids is 1. The SMILES string of the molecule is O=C(NC12CC3CC(C1)CC(C(=O)O)(C3)C2)c1ccccc1. The van der Waals surface area contributed by atoms with Crippen molar-refractivity contribution in [2.24, 2.45) is 17.3 Å². The zero-order valence-electron chi connectivity index (χ0n) is 12.5. The van der Waals surface area contributed by atoms with Gasteiger partial charge in [-0.05, 0) is 62.5 Å². The van der Waals surface area contributed by atoms with E-state index in [9.17, 15) is 14.7 Å². The molecule has 4 bridgehead atoms. The van der Waals surface area contributed by atoms with E-state index in [1.807, 2.05) is 30.3 Å². The fourth-order valence-corrected chi connectivity index (χ4v) is 5.56. The van der Waals surface area contributed by atoms with Crippen molar-refractivity contribution in [1.82, 2.24) is 5.32 Å². The molecule has 0 aromatic heterocycles. The van der Waals surface area contributed by atoms with E-state index in [1.165, 1.54) is 0 Å². The molecule has 116 valence electrons. The van der Waals surface area contributed by atoms with E-state index in [4.69, 9.17) is 0 Å². The van der Waals surface area contributed by atoms with Crippen molar-refractivity contribution >= 4 is 11.9 Å². The molecule has 1 aromatic carbocycles. The van der Waals surface area contributed by atoms with Gasteiger partial charge in [-0.2, -0.15) is 0 Å². The van der Waals surface area contributed by atoms with E-state index >= 15 is 0 Å². The molecular formula is C18H21NO3. The molecule has 22 heavy (non-hydrogen) atoms. The Morgan fingerprint density at radius 3 is 2.27 bits per heavy atom. The molecular weight excluding hydrogens is 278 g/mol. The van der Waals surface area contributed by atoms with Crippen molar-refractivity contribution < 1.29 is 14.7 Å². The van der Waals surface area contributed by atoms with Crippen molar-refractivity contribution in [1.29, 1.82) is 0 Å². The average Bonchev–Trinajstić information content (AvgIpc) is 2.46. The van der Waals surface area contributed by atoms with Crippen LogP contribution in [0.15, 0.2) is 30.3 Å². The molecule has 2 atom stereocenters. The van der Waals surface area contributed by atoms with Crippen molar-refractivity contribution in [3.63, 3.8) is 0 Å². The van der Waals surface area contributed by atoms with Crippen LogP contribution in [0.5, 0.6) is 0 Å². The molecule has 0 aliphatic heterocycles. The van der Waals surface area contributed by atoms with Gasteiger partial charge in [0.05, 0.1) is 5.41 Å². The van der Waals surface area contributed by atoms with Gasteiger partial charge in [0, 0.05) is 11.1 Å². The van der Waals surface area contributed by atoms with Crippen LogP contribution < -0.4 is 5.32 Å². The molecule has 4 nitrogen and oxygen atoms in total. The maximum Gasteiger partial charge on any atom is 0.309 e. The van der Waals surface area contributed by atoms with E-state index in [1.54, 1.807) is 0 Å². The summed E-state index contributed by atoms with van der Waals surface area (Å²) in [6.07, 6.45) is 5.21. The summed E-state index contributed by atoms with van der Waals surface area (Å²) in [6.45, 7) is 0. The monoisotopic (exact) mass is 299 g/mol. The summed E-state index contributed by atoms with van der Waals surface area (Å²) >= 11 is 0. The van der Waals surface area contributed by atoms with Gasteiger partial charge in [0.2, 0.25) is 0 Å². The van der Waals surface area contributed by atoms with Gasteiger partial charge in [-0.15, -0.1) is 0 Å². The lowest BCUT2D eigenvalue weighted by Crippen LogP contribution is -2.64. The number of amides is 1. The number of carbonyl (C=O) groups excluding carboxylic acids is 1. The molecule has 0 radical (unpaired) electrons. The van der Waals surface area contributed by atoms with E-state index in [2.05, 4.69) is 5.32 Å². The van der Waals surface area contributed by atoms with Crippen LogP contribution in [0.4, 0.5) is 0 Å². The smallest absolute Gasteiger partial charge is 0.309 e. The molecule has 0 spiro atoms. The van der Waals surface area contributed by atoms with Gasteiger partial charge in [-0.3, -0.25) is 9.59 Å². The number of nitrogens with one attached hydrogen (secondary N) is 1. The molecule has 0 heterocycles. The van der Waals surface area contributed by atoms with Crippen molar-refractivity contribution in [2.45, 2.75) is 44.1 Å². The molecule has 4 saturated carbocycles. The number of carboxylic acid groups (broad SMARTS) is 1. The van der Waals surface area contributed by atoms with Crippen molar-refractivity contribution in [2.75, 3.05) is 0 Å². The lowest BCUT2D eigenvalue weighted by Gasteiger charge is -2.60. The summed E-state index contributed by atoms with van der Waals surface area (Å²) < 4.78 is 0. The summed E-state index contributed by atoms with van der Waals surface area (Å²) in [4.78, 5) is 24.4. The summed E-state index contributed by atoms with van der Waals surface area (Å²) in [5.41, 5.74) is -0.258. The first-order chi connectivity index (χ1) is 10.5. The number of aliphatic carboxylic acids is 1. The van der Waals surface area contributed by atoms with Crippen LogP contribution in [0.2, 0.25) is 0 Å². The van der Waals surface area contributed by atoms with Gasteiger partial charge >= 0.3 is 5.97 Å². The van der Waals surface area contributed by atoms with Gasteiger partial charge in [-0.1, -0.05) is 18.2 Å². The average molecular weight is 299 g/mol. The lowest BCUT2D eigenvalue weighted by atomic mass is 9.47. The quantitative estimate of drug-likeness (QED) is 0.902. The zero-order chi connectivity index (χ0) is 15.4. The molecule has 1 amide bonds. The Balaban J connectivity index is 1.61. The minimum Gasteiger partial charge on any atom is -0.481 e. The predicted molar refractivity (Wildman–Crippen MR) is 81.4 cm³/mol. The highest BCUT2D eigenvalue weighted by Gasteiger charge is 2.61. The standard InChI is InChI=1S/C18H21NO3/c20-15(14-4-2-1-3-5-14)19-18-9-12-6-13(10-18)8-17(7-12,11-18)16(21)22/h1-5,12-13H,6-11H2,(H,19,20)(H,21,22). The van der Waals surface area contributed by atoms with Crippen LogP contribution in [-0.2, 0) is 4.79 Å².